The lowest BCUT2D eigenvalue weighted by Crippen LogP contribution is -2.11. The molecule has 2 heterocycles. The summed E-state index contributed by atoms with van der Waals surface area (Å²) in [5.41, 5.74) is 1.66. The maximum Gasteiger partial charge on any atom is 0.258 e. The van der Waals surface area contributed by atoms with E-state index in [0.717, 1.165) is 11.1 Å². The summed E-state index contributed by atoms with van der Waals surface area (Å²) in [6.07, 6.45) is 12.8. The first-order valence-corrected chi connectivity index (χ1v) is 5.04. The fraction of sp³-hybridized carbons (Fsp3) is 0.0769. The number of aliphatic imine (C=N–C) groups is 1. The number of nitrogens with zero attached hydrogens (tertiary/aromatic N) is 2. The molecule has 0 aromatic carbocycles. The fourth-order valence-electron chi connectivity index (χ4n) is 1.47. The van der Waals surface area contributed by atoms with Gasteiger partial charge in [-0.15, -0.1) is 0 Å². The van der Waals surface area contributed by atoms with Crippen molar-refractivity contribution in [1.29, 1.82) is 0 Å². The fourth-order valence-corrected chi connectivity index (χ4v) is 1.47. The van der Waals surface area contributed by atoms with Gasteiger partial charge >= 0.3 is 0 Å². The summed E-state index contributed by atoms with van der Waals surface area (Å²) in [6, 6.07) is 1.85. The Morgan fingerprint density at radius 1 is 1.56 bits per heavy atom. The summed E-state index contributed by atoms with van der Waals surface area (Å²) in [5.74, 6) is -0.0221. The van der Waals surface area contributed by atoms with Crippen LogP contribution in [0.15, 0.2) is 54.0 Å². The molecule has 0 bridgehead atoms. The van der Waals surface area contributed by atoms with Crippen molar-refractivity contribution in [3.63, 3.8) is 0 Å². The van der Waals surface area contributed by atoms with Gasteiger partial charge in [-0.25, -0.2) is 0 Å². The highest BCUT2D eigenvalue weighted by molar-refractivity contribution is 5.98. The smallest absolute Gasteiger partial charge is 0.258 e. The molecule has 0 radical (unpaired) electrons. The molecule has 0 atom stereocenters. The van der Waals surface area contributed by atoms with Crippen LogP contribution in [0.4, 0.5) is 0 Å². The summed E-state index contributed by atoms with van der Waals surface area (Å²) >= 11 is 0. The van der Waals surface area contributed by atoms with Crippen molar-refractivity contribution >= 4 is 18.2 Å². The van der Waals surface area contributed by atoms with E-state index >= 15 is 0 Å². The van der Waals surface area contributed by atoms with Gasteiger partial charge < -0.3 is 0 Å². The second kappa shape index (κ2) is 4.57. The summed E-state index contributed by atoms with van der Waals surface area (Å²) in [6.45, 7) is 3.66. The van der Waals surface area contributed by atoms with Crippen molar-refractivity contribution in [3.05, 3.63) is 54.5 Å². The molecule has 2 rings (SSSR count). The van der Waals surface area contributed by atoms with Crippen molar-refractivity contribution in [3.8, 4) is 0 Å². The zero-order chi connectivity index (χ0) is 11.4. The molecule has 0 saturated heterocycles. The number of carbonyl (C=O) groups is 1. The minimum atomic E-state index is -0.0221. The van der Waals surface area contributed by atoms with Gasteiger partial charge in [0.05, 0.1) is 0 Å². The zero-order valence-electron chi connectivity index (χ0n) is 8.84. The van der Waals surface area contributed by atoms with Crippen molar-refractivity contribution in [2.24, 2.45) is 4.99 Å². The van der Waals surface area contributed by atoms with Crippen LogP contribution in [-0.4, -0.2) is 16.7 Å². The average molecular weight is 212 g/mol. The first-order chi connectivity index (χ1) is 7.81. The van der Waals surface area contributed by atoms with Gasteiger partial charge in [-0.1, -0.05) is 18.7 Å². The van der Waals surface area contributed by atoms with Crippen LogP contribution in [0.2, 0.25) is 0 Å². The van der Waals surface area contributed by atoms with Crippen LogP contribution in [0.3, 0.4) is 0 Å². The average Bonchev–Trinajstić information content (AvgIpc) is 2.62. The Balaban J connectivity index is 2.24. The lowest BCUT2D eigenvalue weighted by molar-refractivity contribution is 0.0954. The molecule has 1 aliphatic rings. The summed E-state index contributed by atoms with van der Waals surface area (Å²) in [7, 11) is 0. The maximum atomic E-state index is 12.0. The van der Waals surface area contributed by atoms with Gasteiger partial charge in [0.15, 0.2) is 0 Å². The van der Waals surface area contributed by atoms with Crippen LogP contribution >= 0.6 is 0 Å². The van der Waals surface area contributed by atoms with E-state index in [0.29, 0.717) is 6.42 Å². The number of rotatable bonds is 2. The Labute approximate surface area is 94.1 Å². The summed E-state index contributed by atoms with van der Waals surface area (Å²) in [4.78, 5) is 16.0. The topological polar surface area (TPSA) is 34.4 Å². The van der Waals surface area contributed by atoms with Crippen molar-refractivity contribution in [2.75, 3.05) is 0 Å². The molecule has 1 aromatic rings. The molecular weight excluding hydrogens is 200 g/mol. The summed E-state index contributed by atoms with van der Waals surface area (Å²) in [5, 5.41) is 0. The van der Waals surface area contributed by atoms with E-state index in [9.17, 15) is 4.79 Å². The highest BCUT2D eigenvalue weighted by Gasteiger charge is 2.10. The van der Waals surface area contributed by atoms with Gasteiger partial charge in [-0.05, 0) is 17.7 Å². The molecule has 0 fully saturated rings. The van der Waals surface area contributed by atoms with Crippen molar-refractivity contribution < 1.29 is 4.79 Å². The molecule has 16 heavy (non-hydrogen) atoms. The molecule has 0 N–H and O–H groups in total. The van der Waals surface area contributed by atoms with Gasteiger partial charge in [-0.2, -0.15) is 0 Å². The Bertz CT molecular complexity index is 504. The third-order valence-corrected chi connectivity index (χ3v) is 2.35. The largest absolute Gasteiger partial charge is 0.290 e. The standard InChI is InChI=1S/C13H12N2O/c1-2-11-6-9-15(10-11)13(16)12-4-3-7-14-8-5-12/h2-4,6-10H,1,5H2. The molecule has 0 unspecified atom stereocenters. The molecule has 0 aliphatic carbocycles. The molecular formula is C13H12N2O. The van der Waals surface area contributed by atoms with Crippen LogP contribution in [-0.2, 0) is 0 Å². The molecule has 1 aromatic heterocycles. The number of allylic oxidation sites excluding steroid dienone is 3. The predicted molar refractivity (Wildman–Crippen MR) is 65.5 cm³/mol. The predicted octanol–water partition coefficient (Wildman–Crippen LogP) is 2.69. The molecule has 0 spiro atoms. The first kappa shape index (κ1) is 10.4. The zero-order valence-corrected chi connectivity index (χ0v) is 8.84. The number of aromatic nitrogens is 1. The molecule has 3 heteroatoms. The number of carbonyl (C=O) groups excluding carboxylic acids is 1. The number of hydrogen-bond donors (Lipinski definition) is 0. The maximum absolute atomic E-state index is 12.0. The molecule has 80 valence electrons. The second-order valence-electron chi connectivity index (χ2n) is 3.43. The van der Waals surface area contributed by atoms with Crippen molar-refractivity contribution in [2.45, 2.75) is 6.42 Å². The van der Waals surface area contributed by atoms with Crippen LogP contribution in [0.1, 0.15) is 16.8 Å². The minimum absolute atomic E-state index is 0.0221. The van der Waals surface area contributed by atoms with E-state index in [4.69, 9.17) is 0 Å². The molecule has 0 amide bonds. The van der Waals surface area contributed by atoms with Gasteiger partial charge in [0.25, 0.3) is 5.91 Å². The Kier molecular flexibility index (Phi) is 2.96. The van der Waals surface area contributed by atoms with E-state index in [1.165, 1.54) is 0 Å². The van der Waals surface area contributed by atoms with Gasteiger partial charge in [0.2, 0.25) is 0 Å². The SMILES string of the molecule is C=Cc1ccn(C(=O)C2=CC=CN=CC2)c1. The highest BCUT2D eigenvalue weighted by atomic mass is 16.2. The summed E-state index contributed by atoms with van der Waals surface area (Å²) < 4.78 is 1.57. The first-order valence-electron chi connectivity index (χ1n) is 5.04. The monoisotopic (exact) mass is 212 g/mol. The minimum Gasteiger partial charge on any atom is -0.290 e. The quantitative estimate of drug-likeness (QED) is 0.742. The van der Waals surface area contributed by atoms with Gasteiger partial charge in [-0.3, -0.25) is 14.4 Å². The van der Waals surface area contributed by atoms with Crippen LogP contribution in [0, 0.1) is 0 Å². The van der Waals surface area contributed by atoms with Crippen molar-refractivity contribution in [1.82, 2.24) is 4.57 Å². The third kappa shape index (κ3) is 2.08. The molecule has 3 nitrogen and oxygen atoms in total. The van der Waals surface area contributed by atoms with E-state index in [1.54, 1.807) is 47.6 Å². The van der Waals surface area contributed by atoms with E-state index in [-0.39, 0.29) is 5.91 Å². The van der Waals surface area contributed by atoms with Crippen LogP contribution < -0.4 is 0 Å². The number of hydrogen-bond acceptors (Lipinski definition) is 2. The lowest BCUT2D eigenvalue weighted by Gasteiger charge is -2.02. The normalized spacial score (nSPS) is 14.4. The van der Waals surface area contributed by atoms with E-state index in [2.05, 4.69) is 11.6 Å². The Morgan fingerprint density at radius 2 is 2.44 bits per heavy atom. The molecule has 1 aliphatic heterocycles. The Morgan fingerprint density at radius 3 is 3.19 bits per heavy atom. The van der Waals surface area contributed by atoms with E-state index in [1.807, 2.05) is 6.07 Å². The molecule has 0 saturated carbocycles. The van der Waals surface area contributed by atoms with E-state index < -0.39 is 0 Å². The highest BCUT2D eigenvalue weighted by Crippen LogP contribution is 2.10. The van der Waals surface area contributed by atoms with Gasteiger partial charge in [0, 0.05) is 36.8 Å². The lowest BCUT2D eigenvalue weighted by atomic mass is 10.2. The van der Waals surface area contributed by atoms with Crippen LogP contribution in [0.5, 0.6) is 0 Å². The van der Waals surface area contributed by atoms with Gasteiger partial charge in [0.1, 0.15) is 0 Å². The Hall–Kier alpha value is -2.16. The third-order valence-electron chi connectivity index (χ3n) is 2.35. The second-order valence-corrected chi connectivity index (χ2v) is 3.43. The van der Waals surface area contributed by atoms with Crippen LogP contribution in [0.25, 0.3) is 6.08 Å².